The van der Waals surface area contributed by atoms with Crippen LogP contribution in [0.1, 0.15) is 113 Å². The van der Waals surface area contributed by atoms with E-state index in [1.807, 2.05) is 20.8 Å². The summed E-state index contributed by atoms with van der Waals surface area (Å²) in [5.41, 5.74) is -1.75. The summed E-state index contributed by atoms with van der Waals surface area (Å²) in [5.74, 6) is -0.575. The highest BCUT2D eigenvalue weighted by Gasteiger charge is 2.72. The summed E-state index contributed by atoms with van der Waals surface area (Å²) >= 11 is 0. The molecule has 26 nitrogen and oxygen atoms in total. The highest BCUT2D eigenvalue weighted by atomic mass is 16.8. The van der Waals surface area contributed by atoms with Crippen molar-refractivity contribution in [2.24, 2.45) is 45.3 Å². The van der Waals surface area contributed by atoms with Gasteiger partial charge >= 0.3 is 0 Å². The van der Waals surface area contributed by atoms with Crippen LogP contribution in [0.3, 0.4) is 0 Å². The second-order valence-corrected chi connectivity index (χ2v) is 27.6. The van der Waals surface area contributed by atoms with Gasteiger partial charge in [0.2, 0.25) is 0 Å². The van der Waals surface area contributed by atoms with E-state index in [4.69, 9.17) is 47.4 Å². The van der Waals surface area contributed by atoms with Crippen LogP contribution >= 0.6 is 0 Å². The number of allylic oxidation sites excluding steroid dienone is 2. The highest BCUT2D eigenvalue weighted by Crippen LogP contribution is 2.76. The van der Waals surface area contributed by atoms with Gasteiger partial charge in [-0.3, -0.25) is 0 Å². The Morgan fingerprint density at radius 2 is 1.04 bits per heavy atom. The van der Waals surface area contributed by atoms with Crippen molar-refractivity contribution in [1.82, 2.24) is 0 Å². The number of hydrogen-bond donors (Lipinski definition) is 16. The standard InChI is InChI=1S/C58H98O26/c1-24(2)10-9-14-58(8,84-51-46(74)41(69)40(68)31(80-51)23-76-49-45(73)39(67)30(21-61)77-49)25-11-16-57(7)35(25)26(62)18-33-55(5)15-13-34(54(3,4)32(55)12-17-56(33,57)6)81-52-47(42(70)37(65)28(19-59)78-52)83-53-48(43(71)38(66)29(20-60)79-53)82-50-44(72)36(64)27(63)22-75-50/h10,25-53,59-74H,9,11-23H2,1-8H3/t25-,26+,27+,28+,29+,30-,31+,32-,33+,34-,35-,36-,37+,38+,39-,40+,41-,42-,43-,44+,45+,46+,47+,48+,49+,50-,51-,52-,53-,55-,56+,57+,58?/m0/s1. The smallest absolute Gasteiger partial charge is 0.187 e. The molecule has 1 unspecified atom stereocenters. The van der Waals surface area contributed by atoms with Gasteiger partial charge in [0.05, 0.1) is 50.8 Å². The third kappa shape index (κ3) is 11.9. The van der Waals surface area contributed by atoms with Gasteiger partial charge in [0.1, 0.15) is 110 Å². The third-order valence-corrected chi connectivity index (χ3v) is 22.3. The van der Waals surface area contributed by atoms with E-state index in [0.717, 1.165) is 24.8 Å². The van der Waals surface area contributed by atoms with Gasteiger partial charge in [-0.2, -0.15) is 0 Å². The number of fused-ring (bicyclic) bond motifs is 5. The molecule has 0 aromatic heterocycles. The Balaban J connectivity index is 0.935. The predicted octanol–water partition coefficient (Wildman–Crippen LogP) is -3.10. The van der Waals surface area contributed by atoms with Crippen LogP contribution in [-0.4, -0.2) is 274 Å². The molecule has 9 aliphatic rings. The minimum atomic E-state index is -1.88. The van der Waals surface area contributed by atoms with Gasteiger partial charge < -0.3 is 129 Å². The van der Waals surface area contributed by atoms with E-state index in [1.54, 1.807) is 0 Å². The molecule has 9 rings (SSSR count). The molecular weight excluding hydrogens is 1110 g/mol. The lowest BCUT2D eigenvalue weighted by atomic mass is 9.35. The number of aliphatic hydroxyl groups excluding tert-OH is 16. The number of ether oxygens (including phenoxy) is 10. The fraction of sp³-hybridized carbons (Fsp3) is 0.966. The van der Waals surface area contributed by atoms with Crippen molar-refractivity contribution < 1.29 is 129 Å². The lowest BCUT2D eigenvalue weighted by Crippen LogP contribution is -2.68. The van der Waals surface area contributed by atoms with E-state index in [1.165, 1.54) is 0 Å². The molecule has 16 N–H and O–H groups in total. The SMILES string of the molecule is CC(C)=CCCC(C)(O[C@@H]1O[C@H](CO[C@@H]2O[C@@H](CO)[C@H](O)[C@H]2O)[C@@H](O)[C@H](O)[C@H]1O)[C@H]1CC[C@]2(C)[C@@H]1[C@H](O)C[C@@H]1[C@@]3(C)CC[C@H](O[C@@H]4O[C@H](CO)[C@@H](O)[C@H](O)[C@H]4O[C@@H]4O[C@H](CO)[C@@H](O)[C@H](O)[C@H]4O[C@@H]4OC[C@@H](O)[C@H](O)[C@H]4O)C(C)(C)[C@@H]3CC[C@]12C. The van der Waals surface area contributed by atoms with Crippen molar-refractivity contribution in [3.8, 4) is 0 Å². The molecule has 0 bridgehead atoms. The summed E-state index contributed by atoms with van der Waals surface area (Å²) in [5, 5.41) is 174. The van der Waals surface area contributed by atoms with Gasteiger partial charge in [0.25, 0.3) is 0 Å². The second-order valence-electron chi connectivity index (χ2n) is 27.6. The highest BCUT2D eigenvalue weighted by molar-refractivity contribution is 5.21. The average Bonchev–Trinajstić information content (AvgIpc) is 1.31. The molecule has 5 saturated heterocycles. The summed E-state index contributed by atoms with van der Waals surface area (Å²) in [6, 6.07) is 0. The van der Waals surface area contributed by atoms with Crippen LogP contribution in [0.2, 0.25) is 0 Å². The molecule has 5 heterocycles. The molecule has 5 aliphatic heterocycles. The van der Waals surface area contributed by atoms with Gasteiger partial charge in [-0.05, 0) is 124 Å². The molecule has 26 heteroatoms. The molecule has 4 saturated carbocycles. The maximum Gasteiger partial charge on any atom is 0.187 e. The Hall–Kier alpha value is -1.30. The first kappa shape index (κ1) is 67.1. The van der Waals surface area contributed by atoms with Crippen LogP contribution in [0.25, 0.3) is 0 Å². The van der Waals surface area contributed by atoms with Crippen LogP contribution in [0.4, 0.5) is 0 Å². The molecule has 4 aliphatic carbocycles. The quantitative estimate of drug-likeness (QED) is 0.0477. The molecule has 9 fully saturated rings. The summed E-state index contributed by atoms with van der Waals surface area (Å²) in [6.07, 6.45) is -30.4. The van der Waals surface area contributed by atoms with E-state index < -0.39 is 203 Å². The van der Waals surface area contributed by atoms with E-state index in [2.05, 4.69) is 40.7 Å². The number of rotatable bonds is 18. The first-order valence-electron chi connectivity index (χ1n) is 30.2. The lowest BCUT2D eigenvalue weighted by molar-refractivity contribution is -0.395. The van der Waals surface area contributed by atoms with E-state index in [9.17, 15) is 81.7 Å². The van der Waals surface area contributed by atoms with Gasteiger partial charge in [-0.25, -0.2) is 0 Å². The summed E-state index contributed by atoms with van der Waals surface area (Å²) < 4.78 is 61.0. The second kappa shape index (κ2) is 25.8. The van der Waals surface area contributed by atoms with Gasteiger partial charge in [0, 0.05) is 0 Å². The molecule has 486 valence electrons. The van der Waals surface area contributed by atoms with Gasteiger partial charge in [0.15, 0.2) is 31.5 Å². The van der Waals surface area contributed by atoms with Crippen molar-refractivity contribution in [3.05, 3.63) is 11.6 Å². The zero-order valence-corrected chi connectivity index (χ0v) is 49.5. The van der Waals surface area contributed by atoms with Crippen LogP contribution < -0.4 is 0 Å². The normalized spacial score (nSPS) is 52.9. The molecule has 33 atom stereocenters. The minimum Gasteiger partial charge on any atom is -0.394 e. The Labute approximate surface area is 490 Å². The number of aliphatic hydroxyl groups is 16. The molecular formula is C58H98O26. The van der Waals surface area contributed by atoms with E-state index in [0.29, 0.717) is 38.5 Å². The number of hydrogen-bond acceptors (Lipinski definition) is 26. The lowest BCUT2D eigenvalue weighted by Gasteiger charge is -2.71. The Morgan fingerprint density at radius 1 is 0.524 bits per heavy atom. The van der Waals surface area contributed by atoms with Crippen LogP contribution in [0.15, 0.2) is 11.6 Å². The average molecular weight is 1210 g/mol. The molecule has 0 radical (unpaired) electrons. The zero-order valence-electron chi connectivity index (χ0n) is 49.5. The fourth-order valence-corrected chi connectivity index (χ4v) is 17.2. The summed E-state index contributed by atoms with van der Waals surface area (Å²) in [4.78, 5) is 0. The first-order chi connectivity index (χ1) is 39.4. The van der Waals surface area contributed by atoms with Gasteiger partial charge in [-0.1, -0.05) is 46.3 Å². The largest absolute Gasteiger partial charge is 0.394 e. The monoisotopic (exact) mass is 1210 g/mol. The maximum absolute atomic E-state index is 12.9. The van der Waals surface area contributed by atoms with Crippen LogP contribution in [-0.2, 0) is 47.4 Å². The summed E-state index contributed by atoms with van der Waals surface area (Å²) in [6.45, 7) is 14.1. The Kier molecular flexibility index (Phi) is 20.6. The molecule has 0 aromatic carbocycles. The predicted molar refractivity (Wildman–Crippen MR) is 287 cm³/mol. The minimum absolute atomic E-state index is 0.00396. The van der Waals surface area contributed by atoms with Crippen molar-refractivity contribution in [2.45, 2.75) is 272 Å². The molecule has 0 amide bonds. The Bertz CT molecular complexity index is 2210. The molecule has 0 aromatic rings. The summed E-state index contributed by atoms with van der Waals surface area (Å²) in [7, 11) is 0. The van der Waals surface area contributed by atoms with E-state index >= 15 is 0 Å². The first-order valence-corrected chi connectivity index (χ1v) is 30.2. The van der Waals surface area contributed by atoms with Crippen molar-refractivity contribution in [1.29, 1.82) is 0 Å². The van der Waals surface area contributed by atoms with Crippen molar-refractivity contribution in [2.75, 3.05) is 33.0 Å². The third-order valence-electron chi connectivity index (χ3n) is 22.3. The van der Waals surface area contributed by atoms with Crippen LogP contribution in [0, 0.1) is 45.3 Å². The van der Waals surface area contributed by atoms with Gasteiger partial charge in [-0.15, -0.1) is 0 Å². The topological polar surface area (TPSA) is 416 Å². The molecule has 84 heavy (non-hydrogen) atoms. The maximum atomic E-state index is 12.9. The zero-order chi connectivity index (χ0) is 61.5. The van der Waals surface area contributed by atoms with Crippen molar-refractivity contribution >= 4 is 0 Å². The molecule has 0 spiro atoms. The Morgan fingerprint density at radius 3 is 1.63 bits per heavy atom. The van der Waals surface area contributed by atoms with Crippen molar-refractivity contribution in [3.63, 3.8) is 0 Å². The van der Waals surface area contributed by atoms with Crippen LogP contribution in [0.5, 0.6) is 0 Å². The van der Waals surface area contributed by atoms with E-state index in [-0.39, 0.29) is 34.5 Å². The fourth-order valence-electron chi connectivity index (χ4n) is 17.2.